The summed E-state index contributed by atoms with van der Waals surface area (Å²) in [5, 5.41) is 17.0. The number of piperidine rings is 1. The Labute approximate surface area is 165 Å². The lowest BCUT2D eigenvalue weighted by atomic mass is 9.92. The van der Waals surface area contributed by atoms with E-state index in [0.717, 1.165) is 48.9 Å². The van der Waals surface area contributed by atoms with Gasteiger partial charge >= 0.3 is 0 Å². The molecule has 0 aromatic carbocycles. The quantitative estimate of drug-likeness (QED) is 0.687. The van der Waals surface area contributed by atoms with Crippen LogP contribution in [0.3, 0.4) is 0 Å². The third-order valence-corrected chi connectivity index (χ3v) is 5.27. The molecule has 0 unspecified atom stereocenters. The summed E-state index contributed by atoms with van der Waals surface area (Å²) in [6, 6.07) is 3.92. The fourth-order valence-corrected chi connectivity index (χ4v) is 3.46. The molecule has 3 aromatic rings. The van der Waals surface area contributed by atoms with Gasteiger partial charge < -0.3 is 9.64 Å². The first-order chi connectivity index (χ1) is 13.4. The van der Waals surface area contributed by atoms with E-state index >= 15 is 0 Å². The Balaban J connectivity index is 1.33. The van der Waals surface area contributed by atoms with Crippen molar-refractivity contribution in [3.05, 3.63) is 36.0 Å². The molecule has 3 aromatic heterocycles. The summed E-state index contributed by atoms with van der Waals surface area (Å²) in [4.78, 5) is 6.83. The van der Waals surface area contributed by atoms with Crippen molar-refractivity contribution in [2.24, 2.45) is 5.92 Å². The zero-order valence-electron chi connectivity index (χ0n) is 17.0. The lowest BCUT2D eigenvalue weighted by molar-refractivity contribution is 0.213. The van der Waals surface area contributed by atoms with Crippen molar-refractivity contribution >= 4 is 11.5 Å². The highest BCUT2D eigenvalue weighted by Crippen LogP contribution is 2.25. The highest BCUT2D eigenvalue weighted by Gasteiger charge is 2.23. The van der Waals surface area contributed by atoms with E-state index in [2.05, 4.69) is 51.0 Å². The Morgan fingerprint density at radius 1 is 1.07 bits per heavy atom. The van der Waals surface area contributed by atoms with Gasteiger partial charge in [0.05, 0.1) is 12.3 Å². The second-order valence-corrected chi connectivity index (χ2v) is 8.44. The minimum Gasteiger partial charge on any atom is -0.476 e. The molecule has 0 bridgehead atoms. The van der Waals surface area contributed by atoms with E-state index in [9.17, 15) is 0 Å². The number of rotatable bonds is 4. The van der Waals surface area contributed by atoms with Gasteiger partial charge in [0, 0.05) is 37.0 Å². The summed E-state index contributed by atoms with van der Waals surface area (Å²) in [5.74, 6) is 2.88. The monoisotopic (exact) mass is 381 g/mol. The largest absolute Gasteiger partial charge is 0.476 e. The van der Waals surface area contributed by atoms with Gasteiger partial charge in [-0.25, -0.2) is 4.98 Å². The fraction of sp³-hybridized carbons (Fsp3) is 0.550. The molecule has 28 heavy (non-hydrogen) atoms. The molecular formula is C20H27N7O. The molecule has 0 aliphatic carbocycles. The number of hydrogen-bond acceptors (Lipinski definition) is 7. The van der Waals surface area contributed by atoms with Crippen LogP contribution in [0, 0.1) is 12.8 Å². The zero-order chi connectivity index (χ0) is 19.7. The first-order valence-corrected chi connectivity index (χ1v) is 9.80. The van der Waals surface area contributed by atoms with Gasteiger partial charge in [0.15, 0.2) is 5.82 Å². The highest BCUT2D eigenvalue weighted by molar-refractivity contribution is 5.63. The zero-order valence-corrected chi connectivity index (χ0v) is 17.0. The van der Waals surface area contributed by atoms with Gasteiger partial charge in [-0.05, 0) is 31.7 Å². The topological polar surface area (TPSA) is 81.3 Å². The van der Waals surface area contributed by atoms with E-state index in [1.807, 2.05) is 35.9 Å². The Kier molecular flexibility index (Phi) is 4.87. The van der Waals surface area contributed by atoms with Crippen LogP contribution in [0.25, 0.3) is 5.65 Å². The van der Waals surface area contributed by atoms with E-state index in [0.29, 0.717) is 18.4 Å². The molecule has 0 atom stereocenters. The molecule has 1 aliphatic rings. The average molecular weight is 381 g/mol. The molecule has 0 radical (unpaired) electrons. The Bertz CT molecular complexity index is 937. The molecule has 4 heterocycles. The average Bonchev–Trinajstić information content (AvgIpc) is 3.08. The molecule has 0 spiro atoms. The molecule has 1 saturated heterocycles. The summed E-state index contributed by atoms with van der Waals surface area (Å²) in [6.45, 7) is 10.9. The van der Waals surface area contributed by atoms with Crippen molar-refractivity contribution < 1.29 is 4.74 Å². The summed E-state index contributed by atoms with van der Waals surface area (Å²) < 4.78 is 7.88. The van der Waals surface area contributed by atoms with Crippen LogP contribution >= 0.6 is 0 Å². The van der Waals surface area contributed by atoms with Crippen molar-refractivity contribution in [1.29, 1.82) is 0 Å². The number of hydrogen-bond donors (Lipinski definition) is 0. The summed E-state index contributed by atoms with van der Waals surface area (Å²) in [6.07, 6.45) is 5.81. The van der Waals surface area contributed by atoms with Crippen LogP contribution in [0.4, 0.5) is 5.82 Å². The van der Waals surface area contributed by atoms with Crippen LogP contribution in [-0.4, -0.2) is 49.5 Å². The molecule has 0 amide bonds. The number of ether oxygens (including phenoxy) is 1. The van der Waals surface area contributed by atoms with Crippen LogP contribution in [0.15, 0.2) is 24.5 Å². The van der Waals surface area contributed by atoms with E-state index in [1.165, 1.54) is 0 Å². The molecule has 1 aliphatic heterocycles. The molecule has 0 N–H and O–H groups in total. The predicted octanol–water partition coefficient (Wildman–Crippen LogP) is 2.82. The van der Waals surface area contributed by atoms with E-state index in [1.54, 1.807) is 0 Å². The Morgan fingerprint density at radius 3 is 2.54 bits per heavy atom. The smallest absolute Gasteiger partial charge is 0.233 e. The minimum atomic E-state index is -0.00182. The van der Waals surface area contributed by atoms with Crippen LogP contribution in [0.1, 0.15) is 45.1 Å². The maximum absolute atomic E-state index is 5.89. The number of aryl methyl sites for hydroxylation is 1. The number of fused-ring (bicyclic) bond motifs is 1. The summed E-state index contributed by atoms with van der Waals surface area (Å²) in [5.41, 5.74) is 1.79. The third-order valence-electron chi connectivity index (χ3n) is 5.27. The summed E-state index contributed by atoms with van der Waals surface area (Å²) in [7, 11) is 0. The van der Waals surface area contributed by atoms with E-state index < -0.39 is 0 Å². The summed E-state index contributed by atoms with van der Waals surface area (Å²) >= 11 is 0. The standard InChI is InChI=1S/C20H27N7O/c1-14-22-25-19-18(21-9-12-27(14)19)26-10-7-15(8-11-26)13-28-17-6-5-16(23-24-17)20(2,3)4/h5-6,9,12,15H,7-8,10-11,13H2,1-4H3. The predicted molar refractivity (Wildman–Crippen MR) is 107 cm³/mol. The van der Waals surface area contributed by atoms with Crippen molar-refractivity contribution in [2.75, 3.05) is 24.6 Å². The van der Waals surface area contributed by atoms with Crippen molar-refractivity contribution in [3.63, 3.8) is 0 Å². The lowest BCUT2D eigenvalue weighted by Crippen LogP contribution is -2.36. The SMILES string of the molecule is Cc1nnc2c(N3CCC(COc4ccc(C(C)(C)C)nn4)CC3)nccn12. The van der Waals surface area contributed by atoms with Crippen LogP contribution in [0.2, 0.25) is 0 Å². The minimum absolute atomic E-state index is 0.00182. The molecule has 1 fully saturated rings. The number of anilines is 1. The molecule has 8 nitrogen and oxygen atoms in total. The number of aromatic nitrogens is 6. The van der Waals surface area contributed by atoms with E-state index in [4.69, 9.17) is 4.74 Å². The molecular weight excluding hydrogens is 354 g/mol. The first-order valence-electron chi connectivity index (χ1n) is 9.80. The lowest BCUT2D eigenvalue weighted by Gasteiger charge is -2.32. The Morgan fingerprint density at radius 2 is 1.86 bits per heavy atom. The number of nitrogens with zero attached hydrogens (tertiary/aromatic N) is 7. The van der Waals surface area contributed by atoms with Gasteiger partial charge in [0.25, 0.3) is 0 Å². The second-order valence-electron chi connectivity index (χ2n) is 8.44. The third kappa shape index (κ3) is 3.76. The van der Waals surface area contributed by atoms with Gasteiger partial charge in [0.2, 0.25) is 11.5 Å². The van der Waals surface area contributed by atoms with Gasteiger partial charge in [-0.1, -0.05) is 20.8 Å². The normalized spacial score (nSPS) is 15.9. The highest BCUT2D eigenvalue weighted by atomic mass is 16.5. The van der Waals surface area contributed by atoms with Crippen molar-refractivity contribution in [2.45, 2.75) is 46.0 Å². The van der Waals surface area contributed by atoms with Gasteiger partial charge in [-0.15, -0.1) is 15.3 Å². The van der Waals surface area contributed by atoms with Crippen LogP contribution in [0.5, 0.6) is 5.88 Å². The fourth-order valence-electron chi connectivity index (χ4n) is 3.46. The second kappa shape index (κ2) is 7.33. The Hall–Kier alpha value is -2.77. The van der Waals surface area contributed by atoms with Gasteiger partial charge in [-0.2, -0.15) is 5.10 Å². The maximum Gasteiger partial charge on any atom is 0.233 e. The molecule has 8 heteroatoms. The maximum atomic E-state index is 5.89. The van der Waals surface area contributed by atoms with E-state index in [-0.39, 0.29) is 5.41 Å². The van der Waals surface area contributed by atoms with Crippen molar-refractivity contribution in [3.8, 4) is 5.88 Å². The first kappa shape index (κ1) is 18.6. The molecule has 0 saturated carbocycles. The van der Waals surface area contributed by atoms with Crippen LogP contribution in [-0.2, 0) is 5.41 Å². The molecule has 148 valence electrons. The van der Waals surface area contributed by atoms with Crippen molar-refractivity contribution in [1.82, 2.24) is 29.8 Å². The van der Waals surface area contributed by atoms with Crippen LogP contribution < -0.4 is 9.64 Å². The van der Waals surface area contributed by atoms with Gasteiger partial charge in [-0.3, -0.25) is 4.40 Å². The molecule has 4 rings (SSSR count). The van der Waals surface area contributed by atoms with Gasteiger partial charge in [0.1, 0.15) is 5.82 Å².